The summed E-state index contributed by atoms with van der Waals surface area (Å²) in [6.45, 7) is 0. The van der Waals surface area contributed by atoms with Gasteiger partial charge in [0, 0.05) is 36.0 Å². The van der Waals surface area contributed by atoms with Gasteiger partial charge in [-0.05, 0) is 24.1 Å². The summed E-state index contributed by atoms with van der Waals surface area (Å²) in [6, 6.07) is 5.41. The summed E-state index contributed by atoms with van der Waals surface area (Å²) in [7, 11) is 0. The van der Waals surface area contributed by atoms with Crippen molar-refractivity contribution < 1.29 is 9.59 Å². The highest BCUT2D eigenvalue weighted by molar-refractivity contribution is 7.14. The van der Waals surface area contributed by atoms with Gasteiger partial charge < -0.3 is 16.0 Å². The number of aromatic nitrogens is 3. The predicted octanol–water partition coefficient (Wildman–Crippen LogP) is 2.20. The fourth-order valence-corrected chi connectivity index (χ4v) is 2.87. The normalized spacial score (nSPS) is 10.5. The van der Waals surface area contributed by atoms with Gasteiger partial charge in [-0.1, -0.05) is 6.07 Å². The van der Waals surface area contributed by atoms with E-state index in [4.69, 9.17) is 5.73 Å². The molecule has 0 aliphatic carbocycles. The average Bonchev–Trinajstić information content (AvgIpc) is 3.23. The number of nitrogens with zero attached hydrogens (tertiary/aromatic N) is 2. The van der Waals surface area contributed by atoms with Crippen LogP contribution in [0, 0.1) is 0 Å². The molecule has 8 heteroatoms. The summed E-state index contributed by atoms with van der Waals surface area (Å²) >= 11 is 1.33. The zero-order chi connectivity index (χ0) is 16.9. The molecule has 0 aliphatic heterocycles. The fourth-order valence-electron chi connectivity index (χ4n) is 2.13. The van der Waals surface area contributed by atoms with Crippen LogP contribution in [0.5, 0.6) is 0 Å². The summed E-state index contributed by atoms with van der Waals surface area (Å²) in [6.07, 6.45) is 6.08. The maximum Gasteiger partial charge on any atom is 0.265 e. The highest BCUT2D eigenvalue weighted by Crippen LogP contribution is 2.25. The number of nitrogens with two attached hydrogens (primary N) is 1. The van der Waals surface area contributed by atoms with E-state index in [2.05, 4.69) is 20.3 Å². The Kier molecular flexibility index (Phi) is 4.66. The number of hydrogen-bond acceptors (Lipinski definition) is 5. The van der Waals surface area contributed by atoms with E-state index in [1.54, 1.807) is 24.7 Å². The third-order valence-electron chi connectivity index (χ3n) is 3.36. The van der Waals surface area contributed by atoms with Crippen LogP contribution in [-0.4, -0.2) is 26.8 Å². The zero-order valence-corrected chi connectivity index (χ0v) is 13.5. The molecule has 3 heterocycles. The second-order valence-corrected chi connectivity index (χ2v) is 5.97. The number of rotatable bonds is 6. The molecule has 4 N–H and O–H groups in total. The van der Waals surface area contributed by atoms with E-state index in [1.807, 2.05) is 17.5 Å². The van der Waals surface area contributed by atoms with Gasteiger partial charge in [-0.3, -0.25) is 14.6 Å². The van der Waals surface area contributed by atoms with E-state index in [-0.39, 0.29) is 5.91 Å². The van der Waals surface area contributed by atoms with Crippen LogP contribution >= 0.6 is 11.3 Å². The number of carbonyl (C=O) groups is 2. The van der Waals surface area contributed by atoms with E-state index in [1.165, 1.54) is 11.3 Å². The number of aryl methyl sites for hydroxylation is 1. The molecule has 122 valence electrons. The Bertz CT molecular complexity index is 856. The Hall–Kier alpha value is -3.00. The number of primary amides is 1. The second-order valence-electron chi connectivity index (χ2n) is 5.11. The minimum absolute atomic E-state index is 0.105. The van der Waals surface area contributed by atoms with Crippen molar-refractivity contribution in [2.24, 2.45) is 5.73 Å². The third-order valence-corrected chi connectivity index (χ3v) is 4.12. The first-order chi connectivity index (χ1) is 11.6. The third kappa shape index (κ3) is 3.85. The molecule has 0 unspecified atom stereocenters. The molecular formula is C16H15N5O2S. The van der Waals surface area contributed by atoms with Gasteiger partial charge in [0.1, 0.15) is 5.69 Å². The molecule has 0 spiro atoms. The molecule has 24 heavy (non-hydrogen) atoms. The number of hydrogen-bond donors (Lipinski definition) is 3. The van der Waals surface area contributed by atoms with Gasteiger partial charge in [0.15, 0.2) is 5.13 Å². The summed E-state index contributed by atoms with van der Waals surface area (Å²) < 4.78 is 0. The zero-order valence-electron chi connectivity index (χ0n) is 12.7. The van der Waals surface area contributed by atoms with Gasteiger partial charge in [0.05, 0.1) is 5.69 Å². The van der Waals surface area contributed by atoms with Gasteiger partial charge in [0.2, 0.25) is 5.91 Å². The Morgan fingerprint density at radius 3 is 2.96 bits per heavy atom. The summed E-state index contributed by atoms with van der Waals surface area (Å²) in [5.74, 6) is -0.632. The van der Waals surface area contributed by atoms with Crippen molar-refractivity contribution in [1.82, 2.24) is 15.0 Å². The molecular weight excluding hydrogens is 326 g/mol. The first kappa shape index (κ1) is 15.9. The quantitative estimate of drug-likeness (QED) is 0.637. The van der Waals surface area contributed by atoms with Gasteiger partial charge in [0.25, 0.3) is 5.91 Å². The summed E-state index contributed by atoms with van der Waals surface area (Å²) in [5.41, 5.74) is 7.96. The molecule has 0 atom stereocenters. The van der Waals surface area contributed by atoms with Crippen LogP contribution in [0.4, 0.5) is 5.13 Å². The minimum atomic E-state index is -0.527. The maximum absolute atomic E-state index is 12.0. The number of pyridine rings is 1. The number of nitrogens with one attached hydrogen (secondary N) is 2. The van der Waals surface area contributed by atoms with Crippen molar-refractivity contribution in [1.29, 1.82) is 0 Å². The number of aromatic amines is 1. The Morgan fingerprint density at radius 2 is 2.25 bits per heavy atom. The molecule has 0 aliphatic rings. The Morgan fingerprint density at radius 1 is 1.38 bits per heavy atom. The number of amides is 2. The predicted molar refractivity (Wildman–Crippen MR) is 91.6 cm³/mol. The van der Waals surface area contributed by atoms with E-state index in [0.29, 0.717) is 29.4 Å². The van der Waals surface area contributed by atoms with Crippen LogP contribution in [0.1, 0.15) is 22.5 Å². The second kappa shape index (κ2) is 7.05. The van der Waals surface area contributed by atoms with Crippen LogP contribution < -0.4 is 11.1 Å². The Labute approximate surface area is 142 Å². The molecule has 0 fully saturated rings. The lowest BCUT2D eigenvalue weighted by atomic mass is 10.1. The van der Waals surface area contributed by atoms with E-state index in [0.717, 1.165) is 11.1 Å². The number of anilines is 1. The van der Waals surface area contributed by atoms with Crippen LogP contribution in [0.25, 0.3) is 11.3 Å². The first-order valence-corrected chi connectivity index (χ1v) is 8.12. The molecule has 0 bridgehead atoms. The lowest BCUT2D eigenvalue weighted by Crippen LogP contribution is -2.12. The lowest BCUT2D eigenvalue weighted by Gasteiger charge is -2.01. The molecule has 3 aromatic rings. The molecule has 0 saturated heterocycles. The van der Waals surface area contributed by atoms with Crippen molar-refractivity contribution in [3.8, 4) is 11.3 Å². The van der Waals surface area contributed by atoms with Crippen LogP contribution in [0.15, 0.2) is 42.2 Å². The SMILES string of the molecule is NC(=O)c1cc(-c2csc(NC(=O)CCc3cccnc3)n2)c[nH]1. The summed E-state index contributed by atoms with van der Waals surface area (Å²) in [4.78, 5) is 34.2. The Balaban J connectivity index is 1.59. The largest absolute Gasteiger partial charge is 0.364 e. The highest BCUT2D eigenvalue weighted by Gasteiger charge is 2.11. The van der Waals surface area contributed by atoms with Crippen LogP contribution in [0.3, 0.4) is 0 Å². The van der Waals surface area contributed by atoms with Crippen molar-refractivity contribution in [3.05, 3.63) is 53.4 Å². The average molecular weight is 341 g/mol. The van der Waals surface area contributed by atoms with E-state index < -0.39 is 5.91 Å². The molecule has 0 radical (unpaired) electrons. The van der Waals surface area contributed by atoms with E-state index in [9.17, 15) is 9.59 Å². The number of H-pyrrole nitrogens is 1. The number of carbonyl (C=O) groups excluding carboxylic acids is 2. The maximum atomic E-state index is 12.0. The van der Waals surface area contributed by atoms with Crippen molar-refractivity contribution in [2.75, 3.05) is 5.32 Å². The smallest absolute Gasteiger partial charge is 0.265 e. The molecule has 2 amide bonds. The van der Waals surface area contributed by atoms with Crippen LogP contribution in [-0.2, 0) is 11.2 Å². The molecule has 7 nitrogen and oxygen atoms in total. The van der Waals surface area contributed by atoms with Crippen molar-refractivity contribution in [3.63, 3.8) is 0 Å². The standard InChI is InChI=1S/C16H15N5O2S/c17-15(23)12-6-11(8-19-12)13-9-24-16(20-13)21-14(22)4-3-10-2-1-5-18-7-10/h1-2,5-9,19H,3-4H2,(H2,17,23)(H,20,21,22). The topological polar surface area (TPSA) is 114 Å². The van der Waals surface area contributed by atoms with Crippen molar-refractivity contribution >= 4 is 28.3 Å². The minimum Gasteiger partial charge on any atom is -0.364 e. The lowest BCUT2D eigenvalue weighted by molar-refractivity contribution is -0.116. The highest BCUT2D eigenvalue weighted by atomic mass is 32.1. The van der Waals surface area contributed by atoms with Crippen molar-refractivity contribution in [2.45, 2.75) is 12.8 Å². The molecule has 3 aromatic heterocycles. The molecule has 0 saturated carbocycles. The van der Waals surface area contributed by atoms with Crippen LogP contribution in [0.2, 0.25) is 0 Å². The number of thiazole rings is 1. The van der Waals surface area contributed by atoms with Gasteiger partial charge in [-0.15, -0.1) is 11.3 Å². The van der Waals surface area contributed by atoms with Gasteiger partial charge in [-0.2, -0.15) is 0 Å². The monoisotopic (exact) mass is 341 g/mol. The van der Waals surface area contributed by atoms with E-state index >= 15 is 0 Å². The summed E-state index contributed by atoms with van der Waals surface area (Å²) in [5, 5.41) is 5.10. The van der Waals surface area contributed by atoms with Gasteiger partial charge in [-0.25, -0.2) is 4.98 Å². The molecule has 0 aromatic carbocycles. The molecule has 3 rings (SSSR count). The first-order valence-electron chi connectivity index (χ1n) is 7.24. The van der Waals surface area contributed by atoms with Gasteiger partial charge >= 0.3 is 0 Å². The fraction of sp³-hybridized carbons (Fsp3) is 0.125.